The van der Waals surface area contributed by atoms with Gasteiger partial charge in [-0.1, -0.05) is 6.07 Å². The number of nitrogens with one attached hydrogen (secondary N) is 1. The summed E-state index contributed by atoms with van der Waals surface area (Å²) in [6.07, 6.45) is 7.48. The molecule has 8 heteroatoms. The number of benzene rings is 1. The molecule has 2 aromatic heterocycles. The average molecular weight is 410 g/mol. The first kappa shape index (κ1) is 19.2. The summed E-state index contributed by atoms with van der Waals surface area (Å²) < 4.78 is 29.9. The fourth-order valence-electron chi connectivity index (χ4n) is 3.52. The van der Waals surface area contributed by atoms with Crippen molar-refractivity contribution in [2.45, 2.75) is 30.8 Å². The summed E-state index contributed by atoms with van der Waals surface area (Å²) in [4.78, 5) is 18.8. The molecule has 1 atom stereocenters. The zero-order chi connectivity index (χ0) is 20.4. The Bertz CT molecular complexity index is 1110. The molecule has 1 aliphatic heterocycles. The van der Waals surface area contributed by atoms with E-state index in [-0.39, 0.29) is 16.8 Å². The number of anilines is 1. The predicted octanol–water partition coefficient (Wildman–Crippen LogP) is 2.83. The third kappa shape index (κ3) is 4.02. The van der Waals surface area contributed by atoms with Crippen LogP contribution in [0.1, 0.15) is 24.1 Å². The van der Waals surface area contributed by atoms with Gasteiger partial charge in [-0.15, -0.1) is 0 Å². The third-order valence-electron chi connectivity index (χ3n) is 5.16. The molecule has 3 heterocycles. The number of carbonyl (C=O) groups excluding carboxylic acids is 1. The van der Waals surface area contributed by atoms with Gasteiger partial charge >= 0.3 is 0 Å². The van der Waals surface area contributed by atoms with E-state index in [1.54, 1.807) is 35.4 Å². The highest BCUT2D eigenvalue weighted by atomic mass is 32.2. The molecule has 0 aliphatic carbocycles. The van der Waals surface area contributed by atoms with Gasteiger partial charge in [-0.05, 0) is 60.9 Å². The van der Waals surface area contributed by atoms with Gasteiger partial charge in [0.15, 0.2) is 0 Å². The maximum atomic E-state index is 12.9. The first-order chi connectivity index (χ1) is 13.9. The highest BCUT2D eigenvalue weighted by Crippen LogP contribution is 2.25. The van der Waals surface area contributed by atoms with Gasteiger partial charge in [0, 0.05) is 31.7 Å². The van der Waals surface area contributed by atoms with E-state index in [1.165, 1.54) is 6.20 Å². The van der Waals surface area contributed by atoms with Gasteiger partial charge in [0.05, 0.1) is 16.8 Å². The summed E-state index contributed by atoms with van der Waals surface area (Å²) in [6, 6.07) is 11.9. The molecule has 4 rings (SSSR count). The number of aromatic nitrogens is 2. The Morgan fingerprint density at radius 3 is 2.66 bits per heavy atom. The summed E-state index contributed by atoms with van der Waals surface area (Å²) in [5.41, 5.74) is 2.34. The molecule has 1 amide bonds. The second-order valence-corrected chi connectivity index (χ2v) is 8.78. The van der Waals surface area contributed by atoms with E-state index in [0.29, 0.717) is 25.2 Å². The van der Waals surface area contributed by atoms with Crippen molar-refractivity contribution in [3.63, 3.8) is 0 Å². The van der Waals surface area contributed by atoms with Crippen molar-refractivity contribution >= 4 is 21.6 Å². The Hall–Kier alpha value is -3.13. The Morgan fingerprint density at radius 1 is 1.14 bits per heavy atom. The SMILES string of the molecule is CC(C(=O)N1CCc2ccc(S(=O)(=O)Nc3cccnc3)cc2C1)n1cccc1. The van der Waals surface area contributed by atoms with Crippen LogP contribution in [0.4, 0.5) is 5.69 Å². The van der Waals surface area contributed by atoms with E-state index in [2.05, 4.69) is 9.71 Å². The first-order valence-corrected chi connectivity index (χ1v) is 10.9. The van der Waals surface area contributed by atoms with Crippen molar-refractivity contribution in [3.8, 4) is 0 Å². The van der Waals surface area contributed by atoms with Crippen LogP contribution in [-0.2, 0) is 27.8 Å². The summed E-state index contributed by atoms with van der Waals surface area (Å²) >= 11 is 0. The van der Waals surface area contributed by atoms with Crippen LogP contribution in [-0.4, -0.2) is 35.3 Å². The monoisotopic (exact) mass is 410 g/mol. The van der Waals surface area contributed by atoms with E-state index in [0.717, 1.165) is 11.1 Å². The lowest BCUT2D eigenvalue weighted by Crippen LogP contribution is -2.39. The van der Waals surface area contributed by atoms with Crippen LogP contribution in [0.15, 0.2) is 72.1 Å². The van der Waals surface area contributed by atoms with Crippen LogP contribution in [0, 0.1) is 0 Å². The fourth-order valence-corrected chi connectivity index (χ4v) is 4.62. The summed E-state index contributed by atoms with van der Waals surface area (Å²) in [6.45, 7) is 2.89. The first-order valence-electron chi connectivity index (χ1n) is 9.40. The molecule has 1 N–H and O–H groups in total. The second-order valence-electron chi connectivity index (χ2n) is 7.09. The Morgan fingerprint density at radius 2 is 1.93 bits per heavy atom. The van der Waals surface area contributed by atoms with Crippen LogP contribution >= 0.6 is 0 Å². The molecule has 0 saturated carbocycles. The Kier molecular flexibility index (Phi) is 5.10. The molecule has 1 aromatic carbocycles. The lowest BCUT2D eigenvalue weighted by atomic mass is 9.99. The smallest absolute Gasteiger partial charge is 0.261 e. The molecular formula is C21H22N4O3S. The molecule has 3 aromatic rings. The quantitative estimate of drug-likeness (QED) is 0.701. The fraction of sp³-hybridized carbons (Fsp3) is 0.238. The van der Waals surface area contributed by atoms with Crippen LogP contribution < -0.4 is 4.72 Å². The summed E-state index contributed by atoms with van der Waals surface area (Å²) in [7, 11) is -3.73. The normalized spacial score (nSPS) is 14.9. The number of hydrogen-bond acceptors (Lipinski definition) is 4. The number of fused-ring (bicyclic) bond motifs is 1. The number of amides is 1. The molecule has 0 saturated heterocycles. The minimum Gasteiger partial charge on any atom is -0.342 e. The highest BCUT2D eigenvalue weighted by Gasteiger charge is 2.26. The molecule has 0 fully saturated rings. The van der Waals surface area contributed by atoms with E-state index >= 15 is 0 Å². The van der Waals surface area contributed by atoms with Crippen LogP contribution in [0.25, 0.3) is 0 Å². The number of sulfonamides is 1. The number of carbonyl (C=O) groups is 1. The Labute approximate surface area is 170 Å². The second kappa shape index (κ2) is 7.71. The molecule has 29 heavy (non-hydrogen) atoms. The van der Waals surface area contributed by atoms with Crippen molar-refractivity contribution in [2.24, 2.45) is 0 Å². The third-order valence-corrected chi connectivity index (χ3v) is 6.54. The molecule has 1 aliphatic rings. The van der Waals surface area contributed by atoms with Crippen molar-refractivity contribution in [3.05, 3.63) is 78.4 Å². The van der Waals surface area contributed by atoms with E-state index in [4.69, 9.17) is 0 Å². The van der Waals surface area contributed by atoms with Gasteiger partial charge in [0.2, 0.25) is 5.91 Å². The minimum absolute atomic E-state index is 0.0218. The minimum atomic E-state index is -3.73. The van der Waals surface area contributed by atoms with Crippen molar-refractivity contribution < 1.29 is 13.2 Å². The molecular weight excluding hydrogens is 388 g/mol. The highest BCUT2D eigenvalue weighted by molar-refractivity contribution is 7.92. The summed E-state index contributed by atoms with van der Waals surface area (Å²) in [5.74, 6) is 0.0218. The van der Waals surface area contributed by atoms with Gasteiger partial charge in [0.1, 0.15) is 6.04 Å². The Balaban J connectivity index is 1.55. The summed E-state index contributed by atoms with van der Waals surface area (Å²) in [5, 5.41) is 0. The number of hydrogen-bond donors (Lipinski definition) is 1. The zero-order valence-corrected chi connectivity index (χ0v) is 16.8. The van der Waals surface area contributed by atoms with Gasteiger partial charge in [-0.2, -0.15) is 0 Å². The van der Waals surface area contributed by atoms with Gasteiger partial charge in [0.25, 0.3) is 10.0 Å². The van der Waals surface area contributed by atoms with Crippen LogP contribution in [0.2, 0.25) is 0 Å². The van der Waals surface area contributed by atoms with Crippen LogP contribution in [0.5, 0.6) is 0 Å². The maximum Gasteiger partial charge on any atom is 0.261 e. The van der Waals surface area contributed by atoms with Crippen molar-refractivity contribution in [2.75, 3.05) is 11.3 Å². The van der Waals surface area contributed by atoms with E-state index < -0.39 is 10.0 Å². The average Bonchev–Trinajstić information content (AvgIpc) is 3.27. The number of nitrogens with zero attached hydrogens (tertiary/aromatic N) is 3. The molecule has 7 nitrogen and oxygen atoms in total. The molecule has 1 unspecified atom stereocenters. The van der Waals surface area contributed by atoms with E-state index in [1.807, 2.05) is 42.1 Å². The van der Waals surface area contributed by atoms with Crippen LogP contribution in [0.3, 0.4) is 0 Å². The number of pyridine rings is 1. The van der Waals surface area contributed by atoms with Gasteiger partial charge < -0.3 is 9.47 Å². The van der Waals surface area contributed by atoms with E-state index in [9.17, 15) is 13.2 Å². The zero-order valence-electron chi connectivity index (χ0n) is 16.0. The largest absolute Gasteiger partial charge is 0.342 e. The van der Waals surface area contributed by atoms with Gasteiger partial charge in [-0.3, -0.25) is 14.5 Å². The van der Waals surface area contributed by atoms with Gasteiger partial charge in [-0.25, -0.2) is 8.42 Å². The predicted molar refractivity (Wildman–Crippen MR) is 110 cm³/mol. The molecule has 150 valence electrons. The number of rotatable bonds is 5. The molecule has 0 spiro atoms. The standard InChI is InChI=1S/C21H22N4O3S/c1-16(24-10-2-3-11-24)21(26)25-12-8-17-6-7-20(13-18(17)15-25)29(27,28)23-19-5-4-9-22-14-19/h2-7,9-11,13-14,16,23H,8,12,15H2,1H3. The molecule has 0 radical (unpaired) electrons. The topological polar surface area (TPSA) is 84.3 Å². The molecule has 0 bridgehead atoms. The van der Waals surface area contributed by atoms with Crippen molar-refractivity contribution in [1.82, 2.24) is 14.5 Å². The lowest BCUT2D eigenvalue weighted by Gasteiger charge is -2.31. The van der Waals surface area contributed by atoms with Crippen molar-refractivity contribution in [1.29, 1.82) is 0 Å². The lowest BCUT2D eigenvalue weighted by molar-refractivity contribution is -0.135. The maximum absolute atomic E-state index is 12.9.